The zero-order valence-electron chi connectivity index (χ0n) is 12.2. The summed E-state index contributed by atoms with van der Waals surface area (Å²) >= 11 is 0. The van der Waals surface area contributed by atoms with Crippen LogP contribution in [0.4, 0.5) is 0 Å². The van der Waals surface area contributed by atoms with Crippen LogP contribution < -0.4 is 10.1 Å². The Balaban J connectivity index is 1.94. The summed E-state index contributed by atoms with van der Waals surface area (Å²) in [7, 11) is 1.66. The van der Waals surface area contributed by atoms with Crippen molar-refractivity contribution in [2.24, 2.45) is 5.92 Å². The van der Waals surface area contributed by atoms with Crippen LogP contribution in [-0.4, -0.2) is 42.7 Å². The van der Waals surface area contributed by atoms with Gasteiger partial charge in [0.2, 0.25) is 5.88 Å². The van der Waals surface area contributed by atoms with Gasteiger partial charge in [0.15, 0.2) is 0 Å². The molecule has 2 atom stereocenters. The van der Waals surface area contributed by atoms with Gasteiger partial charge >= 0.3 is 0 Å². The zero-order chi connectivity index (χ0) is 13.7. The maximum absolute atomic E-state index is 5.18. The molecule has 0 amide bonds. The fraction of sp³-hybridized carbons (Fsp3) is 0.667. The van der Waals surface area contributed by atoms with Crippen molar-refractivity contribution < 1.29 is 4.74 Å². The van der Waals surface area contributed by atoms with E-state index in [1.807, 2.05) is 12.3 Å². The van der Waals surface area contributed by atoms with Crippen LogP contribution in [0.3, 0.4) is 0 Å². The monoisotopic (exact) mass is 263 g/mol. The molecule has 2 heterocycles. The molecule has 2 rings (SSSR count). The van der Waals surface area contributed by atoms with Gasteiger partial charge in [-0.15, -0.1) is 0 Å². The van der Waals surface area contributed by atoms with E-state index in [0.29, 0.717) is 11.9 Å². The van der Waals surface area contributed by atoms with E-state index in [1.165, 1.54) is 12.0 Å². The molecule has 1 aliphatic heterocycles. The summed E-state index contributed by atoms with van der Waals surface area (Å²) in [6.07, 6.45) is 3.05. The third-order valence-corrected chi connectivity index (χ3v) is 4.03. The Morgan fingerprint density at radius 2 is 2.42 bits per heavy atom. The number of methoxy groups -OCH3 is 1. The van der Waals surface area contributed by atoms with Crippen LogP contribution in [-0.2, 0) is 6.54 Å². The van der Waals surface area contributed by atoms with Crippen LogP contribution in [0.1, 0.15) is 25.8 Å². The molecule has 4 heteroatoms. The van der Waals surface area contributed by atoms with Gasteiger partial charge in [-0.25, -0.2) is 4.98 Å². The second kappa shape index (κ2) is 6.87. The second-order valence-corrected chi connectivity index (χ2v) is 5.39. The lowest BCUT2D eigenvalue weighted by atomic mass is 9.97. The quantitative estimate of drug-likeness (QED) is 0.880. The van der Waals surface area contributed by atoms with E-state index in [4.69, 9.17) is 4.74 Å². The molecule has 1 N–H and O–H groups in total. The molecular formula is C15H25N3O. The maximum atomic E-state index is 5.18. The van der Waals surface area contributed by atoms with E-state index in [2.05, 4.69) is 35.1 Å². The summed E-state index contributed by atoms with van der Waals surface area (Å²) in [5, 5.41) is 3.63. The van der Waals surface area contributed by atoms with Gasteiger partial charge in [0, 0.05) is 44.5 Å². The lowest BCUT2D eigenvalue weighted by molar-refractivity contribution is 0.162. The van der Waals surface area contributed by atoms with Crippen LogP contribution in [0, 0.1) is 5.92 Å². The number of hydrogen-bond donors (Lipinski definition) is 1. The van der Waals surface area contributed by atoms with Gasteiger partial charge in [-0.3, -0.25) is 4.90 Å². The van der Waals surface area contributed by atoms with Gasteiger partial charge in [-0.05, 0) is 17.5 Å². The number of nitrogens with zero attached hydrogens (tertiary/aromatic N) is 2. The molecule has 0 spiro atoms. The number of hydrogen-bond acceptors (Lipinski definition) is 4. The predicted octanol–water partition coefficient (Wildman–Crippen LogP) is 1.91. The number of aromatic nitrogens is 1. The average molecular weight is 263 g/mol. The van der Waals surface area contributed by atoms with Gasteiger partial charge in [-0.1, -0.05) is 20.3 Å². The van der Waals surface area contributed by atoms with E-state index < -0.39 is 0 Å². The van der Waals surface area contributed by atoms with Crippen molar-refractivity contribution in [3.05, 3.63) is 23.9 Å². The van der Waals surface area contributed by atoms with Gasteiger partial charge in [0.1, 0.15) is 0 Å². The summed E-state index contributed by atoms with van der Waals surface area (Å²) < 4.78 is 5.18. The first-order chi connectivity index (χ1) is 9.22. The molecular weight excluding hydrogens is 238 g/mol. The SMILES string of the molecule is CCC(C)C1CN(Cc2ccnc(OC)c2)CCN1. The number of piperazine rings is 1. The van der Waals surface area contributed by atoms with Crippen molar-refractivity contribution >= 4 is 0 Å². The Labute approximate surface area is 116 Å². The van der Waals surface area contributed by atoms with E-state index in [-0.39, 0.29) is 0 Å². The zero-order valence-corrected chi connectivity index (χ0v) is 12.2. The molecule has 0 bridgehead atoms. The highest BCUT2D eigenvalue weighted by Gasteiger charge is 2.23. The van der Waals surface area contributed by atoms with Gasteiger partial charge < -0.3 is 10.1 Å². The third kappa shape index (κ3) is 3.91. The second-order valence-electron chi connectivity index (χ2n) is 5.39. The normalized spacial score (nSPS) is 22.2. The van der Waals surface area contributed by atoms with Crippen molar-refractivity contribution in [2.75, 3.05) is 26.7 Å². The highest BCUT2D eigenvalue weighted by molar-refractivity contribution is 5.20. The van der Waals surface area contributed by atoms with E-state index in [0.717, 1.165) is 32.1 Å². The van der Waals surface area contributed by atoms with Crippen LogP contribution in [0.25, 0.3) is 0 Å². The Kier molecular flexibility index (Phi) is 5.16. The summed E-state index contributed by atoms with van der Waals surface area (Å²) in [6.45, 7) is 8.89. The molecule has 0 radical (unpaired) electrons. The summed E-state index contributed by atoms with van der Waals surface area (Å²) in [5.74, 6) is 1.43. The van der Waals surface area contributed by atoms with Crippen LogP contribution in [0.5, 0.6) is 5.88 Å². The molecule has 2 unspecified atom stereocenters. The van der Waals surface area contributed by atoms with Gasteiger partial charge in [0.25, 0.3) is 0 Å². The molecule has 1 fully saturated rings. The molecule has 1 saturated heterocycles. The first-order valence-electron chi connectivity index (χ1n) is 7.17. The molecule has 0 aromatic carbocycles. The first kappa shape index (κ1) is 14.3. The minimum atomic E-state index is 0.613. The van der Waals surface area contributed by atoms with Crippen LogP contribution in [0.2, 0.25) is 0 Å². The Morgan fingerprint density at radius 1 is 1.58 bits per heavy atom. The molecule has 0 aliphatic carbocycles. The number of ether oxygens (including phenoxy) is 1. The van der Waals surface area contributed by atoms with E-state index in [9.17, 15) is 0 Å². The highest BCUT2D eigenvalue weighted by atomic mass is 16.5. The average Bonchev–Trinajstić information content (AvgIpc) is 2.47. The topological polar surface area (TPSA) is 37.4 Å². The smallest absolute Gasteiger partial charge is 0.213 e. The standard InChI is InChI=1S/C15H25N3O/c1-4-12(2)14-11-18(8-7-16-14)10-13-5-6-17-15(9-13)19-3/h5-6,9,12,14,16H,4,7-8,10-11H2,1-3H3. The van der Waals surface area contributed by atoms with Crippen molar-refractivity contribution in [1.29, 1.82) is 0 Å². The largest absolute Gasteiger partial charge is 0.481 e. The van der Waals surface area contributed by atoms with Crippen molar-refractivity contribution in [1.82, 2.24) is 15.2 Å². The summed E-state index contributed by atoms with van der Waals surface area (Å²) in [6, 6.07) is 4.71. The van der Waals surface area contributed by atoms with E-state index in [1.54, 1.807) is 7.11 Å². The number of nitrogens with one attached hydrogen (secondary N) is 1. The van der Waals surface area contributed by atoms with Crippen molar-refractivity contribution in [3.63, 3.8) is 0 Å². The minimum absolute atomic E-state index is 0.613. The summed E-state index contributed by atoms with van der Waals surface area (Å²) in [5.41, 5.74) is 1.27. The highest BCUT2D eigenvalue weighted by Crippen LogP contribution is 2.16. The van der Waals surface area contributed by atoms with Crippen molar-refractivity contribution in [2.45, 2.75) is 32.9 Å². The van der Waals surface area contributed by atoms with Crippen molar-refractivity contribution in [3.8, 4) is 5.88 Å². The van der Waals surface area contributed by atoms with Gasteiger partial charge in [0.05, 0.1) is 7.11 Å². The lowest BCUT2D eigenvalue weighted by Gasteiger charge is -2.36. The first-order valence-corrected chi connectivity index (χ1v) is 7.17. The van der Waals surface area contributed by atoms with E-state index >= 15 is 0 Å². The Bertz CT molecular complexity index is 397. The van der Waals surface area contributed by atoms with Gasteiger partial charge in [-0.2, -0.15) is 0 Å². The van der Waals surface area contributed by atoms with Crippen LogP contribution in [0.15, 0.2) is 18.3 Å². The lowest BCUT2D eigenvalue weighted by Crippen LogP contribution is -2.52. The third-order valence-electron chi connectivity index (χ3n) is 4.03. The predicted molar refractivity (Wildman–Crippen MR) is 77.3 cm³/mol. The summed E-state index contributed by atoms with van der Waals surface area (Å²) in [4.78, 5) is 6.67. The molecule has 106 valence electrons. The Morgan fingerprint density at radius 3 is 3.16 bits per heavy atom. The fourth-order valence-corrected chi connectivity index (χ4v) is 2.57. The Hall–Kier alpha value is -1.13. The molecule has 1 aromatic heterocycles. The molecule has 0 saturated carbocycles. The number of rotatable bonds is 5. The molecule has 19 heavy (non-hydrogen) atoms. The molecule has 1 aromatic rings. The number of pyridine rings is 1. The maximum Gasteiger partial charge on any atom is 0.213 e. The van der Waals surface area contributed by atoms with Crippen LogP contribution >= 0.6 is 0 Å². The molecule has 4 nitrogen and oxygen atoms in total. The minimum Gasteiger partial charge on any atom is -0.481 e. The molecule has 1 aliphatic rings. The fourth-order valence-electron chi connectivity index (χ4n) is 2.57.